The van der Waals surface area contributed by atoms with E-state index in [2.05, 4.69) is 49.7 Å². The molecular formula is C21H25N5O. The predicted molar refractivity (Wildman–Crippen MR) is 107 cm³/mol. The van der Waals surface area contributed by atoms with Crippen molar-refractivity contribution in [2.24, 2.45) is 5.73 Å². The van der Waals surface area contributed by atoms with E-state index in [1.165, 1.54) is 5.56 Å². The number of hydrogen-bond acceptors (Lipinski definition) is 4. The number of hydrogen-bond donors (Lipinski definition) is 1. The summed E-state index contributed by atoms with van der Waals surface area (Å²) in [4.78, 5) is 20.4. The van der Waals surface area contributed by atoms with Gasteiger partial charge in [-0.25, -0.2) is 4.98 Å². The lowest BCUT2D eigenvalue weighted by Crippen LogP contribution is -2.52. The lowest BCUT2D eigenvalue weighted by molar-refractivity contribution is -0.123. The molecule has 1 aromatic heterocycles. The van der Waals surface area contributed by atoms with Gasteiger partial charge in [0.15, 0.2) is 0 Å². The number of carbonyl (C=O) groups is 1. The topological polar surface area (TPSA) is 67.4 Å². The Bertz CT molecular complexity index is 925. The number of nitrogens with two attached hydrogens (primary N) is 1. The number of para-hydroxylation sites is 2. The normalized spacial score (nSPS) is 17.2. The van der Waals surface area contributed by atoms with Crippen molar-refractivity contribution in [3.63, 3.8) is 0 Å². The third kappa shape index (κ3) is 3.72. The van der Waals surface area contributed by atoms with Crippen LogP contribution in [-0.4, -0.2) is 57.5 Å². The summed E-state index contributed by atoms with van der Waals surface area (Å²) < 4.78 is 2.11. The van der Waals surface area contributed by atoms with Gasteiger partial charge in [0.05, 0.1) is 17.1 Å². The van der Waals surface area contributed by atoms with Crippen LogP contribution in [0.5, 0.6) is 0 Å². The average Bonchev–Trinajstić information content (AvgIpc) is 3.13. The molecule has 1 fully saturated rings. The number of nitrogens with zero attached hydrogens (tertiary/aromatic N) is 4. The quantitative estimate of drug-likeness (QED) is 0.753. The van der Waals surface area contributed by atoms with Crippen molar-refractivity contribution >= 4 is 16.9 Å². The molecule has 1 aliphatic heterocycles. The zero-order valence-electron chi connectivity index (χ0n) is 15.6. The van der Waals surface area contributed by atoms with Crippen LogP contribution >= 0.6 is 0 Å². The Morgan fingerprint density at radius 1 is 1.07 bits per heavy atom. The van der Waals surface area contributed by atoms with E-state index in [9.17, 15) is 4.79 Å². The molecule has 0 spiro atoms. The fourth-order valence-electron chi connectivity index (χ4n) is 3.67. The highest BCUT2D eigenvalue weighted by Gasteiger charge is 2.23. The molecule has 0 aliphatic carbocycles. The Hall–Kier alpha value is -2.70. The summed E-state index contributed by atoms with van der Waals surface area (Å²) in [6, 6.07) is 16.6. The minimum Gasteiger partial charge on any atom is -0.368 e. The summed E-state index contributed by atoms with van der Waals surface area (Å²) in [6.07, 6.45) is 1.87. The number of primary amides is 1. The molecule has 1 unspecified atom stereocenters. The van der Waals surface area contributed by atoms with Crippen molar-refractivity contribution in [1.29, 1.82) is 0 Å². The van der Waals surface area contributed by atoms with Gasteiger partial charge >= 0.3 is 0 Å². The number of piperazine rings is 1. The molecule has 2 heterocycles. The maximum Gasteiger partial charge on any atom is 0.234 e. The standard InChI is InChI=1S/C21H25N5O/c1-16(21(22)27)25-12-10-24(11-13-25)14-17-6-8-18(9-7-17)26-15-23-19-4-2-3-5-20(19)26/h2-9,15-16H,10-14H2,1H3,(H2,22,27). The van der Waals surface area contributed by atoms with Crippen LogP contribution in [0.3, 0.4) is 0 Å². The smallest absolute Gasteiger partial charge is 0.234 e. The largest absolute Gasteiger partial charge is 0.368 e. The predicted octanol–water partition coefficient (Wildman–Crippen LogP) is 2.02. The van der Waals surface area contributed by atoms with Crippen LogP contribution in [0.4, 0.5) is 0 Å². The van der Waals surface area contributed by atoms with Gasteiger partial charge < -0.3 is 5.73 Å². The molecule has 1 amide bonds. The molecule has 3 aromatic rings. The Labute approximate surface area is 159 Å². The van der Waals surface area contributed by atoms with Gasteiger partial charge in [-0.15, -0.1) is 0 Å². The van der Waals surface area contributed by atoms with E-state index in [1.807, 2.05) is 31.5 Å². The summed E-state index contributed by atoms with van der Waals surface area (Å²) >= 11 is 0. The number of amides is 1. The van der Waals surface area contributed by atoms with Crippen LogP contribution in [-0.2, 0) is 11.3 Å². The molecule has 140 valence electrons. The van der Waals surface area contributed by atoms with Gasteiger partial charge in [-0.05, 0) is 36.8 Å². The lowest BCUT2D eigenvalue weighted by Gasteiger charge is -2.36. The van der Waals surface area contributed by atoms with Gasteiger partial charge in [0.1, 0.15) is 6.33 Å². The summed E-state index contributed by atoms with van der Waals surface area (Å²) in [6.45, 7) is 6.46. The summed E-state index contributed by atoms with van der Waals surface area (Å²) in [7, 11) is 0. The molecule has 6 heteroatoms. The first kappa shape index (κ1) is 17.7. The molecule has 2 N–H and O–H groups in total. The first-order valence-corrected chi connectivity index (χ1v) is 9.39. The maximum atomic E-state index is 11.3. The highest BCUT2D eigenvalue weighted by Crippen LogP contribution is 2.19. The van der Waals surface area contributed by atoms with Crippen LogP contribution in [0.1, 0.15) is 12.5 Å². The SMILES string of the molecule is CC(C(N)=O)N1CCN(Cc2ccc(-n3cnc4ccccc43)cc2)CC1. The van der Waals surface area contributed by atoms with Crippen molar-refractivity contribution in [2.75, 3.05) is 26.2 Å². The fourth-order valence-corrected chi connectivity index (χ4v) is 3.67. The minimum absolute atomic E-state index is 0.184. The highest BCUT2D eigenvalue weighted by molar-refractivity contribution is 5.79. The summed E-state index contributed by atoms with van der Waals surface area (Å²) in [5.41, 5.74) is 9.94. The first-order chi connectivity index (χ1) is 13.1. The number of rotatable bonds is 5. The second-order valence-corrected chi connectivity index (χ2v) is 7.16. The molecule has 1 saturated heterocycles. The lowest BCUT2D eigenvalue weighted by atomic mass is 10.1. The Balaban J connectivity index is 1.40. The van der Waals surface area contributed by atoms with Crippen LogP contribution < -0.4 is 5.73 Å². The minimum atomic E-state index is -0.244. The summed E-state index contributed by atoms with van der Waals surface area (Å²) in [5.74, 6) is -0.244. The van der Waals surface area contributed by atoms with Gasteiger partial charge in [-0.3, -0.25) is 19.2 Å². The van der Waals surface area contributed by atoms with E-state index in [0.29, 0.717) is 0 Å². The third-order valence-corrected chi connectivity index (χ3v) is 5.44. The van der Waals surface area contributed by atoms with Crippen molar-refractivity contribution in [2.45, 2.75) is 19.5 Å². The molecule has 1 aliphatic rings. The van der Waals surface area contributed by atoms with Crippen molar-refractivity contribution < 1.29 is 4.79 Å². The Kier molecular flexibility index (Phi) is 4.92. The van der Waals surface area contributed by atoms with Crippen LogP contribution in [0.15, 0.2) is 54.9 Å². The number of fused-ring (bicyclic) bond motifs is 1. The molecule has 4 rings (SSSR count). The summed E-state index contributed by atoms with van der Waals surface area (Å²) in [5, 5.41) is 0. The van der Waals surface area contributed by atoms with E-state index >= 15 is 0 Å². The van der Waals surface area contributed by atoms with Crippen molar-refractivity contribution in [3.05, 3.63) is 60.4 Å². The molecule has 6 nitrogen and oxygen atoms in total. The number of benzene rings is 2. The number of imidazole rings is 1. The van der Waals surface area contributed by atoms with E-state index in [0.717, 1.165) is 49.4 Å². The van der Waals surface area contributed by atoms with Gasteiger partial charge in [0, 0.05) is 38.4 Å². The van der Waals surface area contributed by atoms with Crippen LogP contribution in [0.2, 0.25) is 0 Å². The monoisotopic (exact) mass is 363 g/mol. The maximum absolute atomic E-state index is 11.3. The molecule has 27 heavy (non-hydrogen) atoms. The molecule has 1 atom stereocenters. The molecule has 0 saturated carbocycles. The van der Waals surface area contributed by atoms with Gasteiger partial charge in [-0.1, -0.05) is 24.3 Å². The second kappa shape index (κ2) is 7.50. The highest BCUT2D eigenvalue weighted by atomic mass is 16.1. The van der Waals surface area contributed by atoms with Gasteiger partial charge in [-0.2, -0.15) is 0 Å². The van der Waals surface area contributed by atoms with Gasteiger partial charge in [0.2, 0.25) is 5.91 Å². The van der Waals surface area contributed by atoms with E-state index in [4.69, 9.17) is 5.73 Å². The van der Waals surface area contributed by atoms with Crippen LogP contribution in [0, 0.1) is 0 Å². The fraction of sp³-hybridized carbons (Fsp3) is 0.333. The first-order valence-electron chi connectivity index (χ1n) is 9.39. The zero-order valence-corrected chi connectivity index (χ0v) is 15.6. The van der Waals surface area contributed by atoms with E-state index in [-0.39, 0.29) is 11.9 Å². The number of carbonyl (C=O) groups excluding carboxylic acids is 1. The van der Waals surface area contributed by atoms with Crippen LogP contribution in [0.25, 0.3) is 16.7 Å². The number of aromatic nitrogens is 2. The van der Waals surface area contributed by atoms with Crippen molar-refractivity contribution in [3.8, 4) is 5.69 Å². The Morgan fingerprint density at radius 2 is 1.78 bits per heavy atom. The zero-order chi connectivity index (χ0) is 18.8. The molecule has 2 aromatic carbocycles. The van der Waals surface area contributed by atoms with E-state index < -0.39 is 0 Å². The average molecular weight is 363 g/mol. The second-order valence-electron chi connectivity index (χ2n) is 7.16. The molecular weight excluding hydrogens is 338 g/mol. The molecule has 0 bridgehead atoms. The third-order valence-electron chi connectivity index (χ3n) is 5.44. The van der Waals surface area contributed by atoms with Gasteiger partial charge in [0.25, 0.3) is 0 Å². The molecule has 0 radical (unpaired) electrons. The van der Waals surface area contributed by atoms with E-state index in [1.54, 1.807) is 0 Å². The Morgan fingerprint density at radius 3 is 2.48 bits per heavy atom. The van der Waals surface area contributed by atoms with Crippen molar-refractivity contribution in [1.82, 2.24) is 19.4 Å².